The van der Waals surface area contributed by atoms with Gasteiger partial charge in [0.05, 0.1) is 0 Å². The zero-order valence-corrected chi connectivity index (χ0v) is 28.2. The summed E-state index contributed by atoms with van der Waals surface area (Å²) in [6, 6.07) is 0. The fourth-order valence-corrected chi connectivity index (χ4v) is 6.66. The van der Waals surface area contributed by atoms with Crippen molar-refractivity contribution in [3.8, 4) is 0 Å². The molecular weight excluding hydrogens is 458 g/mol. The Kier molecular flexibility index (Phi) is 25.9. The minimum absolute atomic E-state index is 0.315. The summed E-state index contributed by atoms with van der Waals surface area (Å²) in [6.07, 6.45) is 38.5. The molecule has 0 unspecified atom stereocenters. The molecule has 0 rings (SSSR count). The Hall–Kier alpha value is -0.0400. The van der Waals surface area contributed by atoms with Crippen LogP contribution in [0.25, 0.3) is 0 Å². The maximum atomic E-state index is 2.95. The highest BCUT2D eigenvalue weighted by Crippen LogP contribution is 2.34. The first-order valence-electron chi connectivity index (χ1n) is 18.1. The average molecular weight is 536 g/mol. The molecule has 0 saturated heterocycles. The zero-order valence-electron chi connectivity index (χ0n) is 28.2. The van der Waals surface area contributed by atoms with Gasteiger partial charge in [-0.25, -0.2) is 0 Å². The number of hydrogen-bond donors (Lipinski definition) is 0. The van der Waals surface area contributed by atoms with Crippen LogP contribution in [0, 0.1) is 0 Å². The van der Waals surface area contributed by atoms with Gasteiger partial charge in [-0.2, -0.15) is 0 Å². The first kappa shape index (κ1) is 38.0. The van der Waals surface area contributed by atoms with E-state index >= 15 is 0 Å². The molecule has 0 aromatic carbocycles. The van der Waals surface area contributed by atoms with Crippen molar-refractivity contribution in [3.05, 3.63) is 0 Å². The SMILES string of the molecule is CCCCCCCCCCCCCCCCCN(C(C)(C)CCCCCCC)C(C)(C)CCCCCCC. The van der Waals surface area contributed by atoms with Crippen molar-refractivity contribution < 1.29 is 0 Å². The summed E-state index contributed by atoms with van der Waals surface area (Å²) >= 11 is 0. The smallest absolute Gasteiger partial charge is 0.0158 e. The average Bonchev–Trinajstić information content (AvgIpc) is 2.87. The van der Waals surface area contributed by atoms with Crippen molar-refractivity contribution in [2.75, 3.05) is 6.54 Å². The molecule has 0 aliphatic rings. The van der Waals surface area contributed by atoms with E-state index < -0.39 is 0 Å². The van der Waals surface area contributed by atoms with Gasteiger partial charge in [-0.05, 0) is 53.5 Å². The van der Waals surface area contributed by atoms with Crippen molar-refractivity contribution in [2.24, 2.45) is 0 Å². The van der Waals surface area contributed by atoms with Crippen LogP contribution in [-0.4, -0.2) is 22.5 Å². The van der Waals surface area contributed by atoms with E-state index in [2.05, 4.69) is 53.4 Å². The second-order valence-corrected chi connectivity index (χ2v) is 14.1. The van der Waals surface area contributed by atoms with Crippen molar-refractivity contribution in [1.29, 1.82) is 0 Å². The van der Waals surface area contributed by atoms with Crippen LogP contribution >= 0.6 is 0 Å². The lowest BCUT2D eigenvalue weighted by atomic mass is 9.85. The first-order valence-corrected chi connectivity index (χ1v) is 18.1. The van der Waals surface area contributed by atoms with Crippen LogP contribution < -0.4 is 0 Å². The van der Waals surface area contributed by atoms with E-state index in [1.54, 1.807) is 0 Å². The van der Waals surface area contributed by atoms with Gasteiger partial charge >= 0.3 is 0 Å². The van der Waals surface area contributed by atoms with E-state index in [9.17, 15) is 0 Å². The fourth-order valence-electron chi connectivity index (χ4n) is 6.66. The van der Waals surface area contributed by atoms with Crippen LogP contribution in [0.2, 0.25) is 0 Å². The molecule has 0 aliphatic carbocycles. The third-order valence-corrected chi connectivity index (χ3v) is 9.23. The van der Waals surface area contributed by atoms with Gasteiger partial charge in [0.2, 0.25) is 0 Å². The highest BCUT2D eigenvalue weighted by molar-refractivity contribution is 4.92. The summed E-state index contributed by atoms with van der Waals surface area (Å²) in [4.78, 5) is 2.95. The Morgan fingerprint density at radius 1 is 0.316 bits per heavy atom. The largest absolute Gasteiger partial charge is 0.293 e. The predicted molar refractivity (Wildman–Crippen MR) is 177 cm³/mol. The molecule has 0 aromatic rings. The lowest BCUT2D eigenvalue weighted by Gasteiger charge is -2.49. The highest BCUT2D eigenvalue weighted by atomic mass is 15.2. The molecule has 0 bridgehead atoms. The molecule has 1 heteroatoms. The predicted octanol–water partition coefficient (Wildman–Crippen LogP) is 13.4. The monoisotopic (exact) mass is 536 g/mol. The second-order valence-electron chi connectivity index (χ2n) is 14.1. The highest BCUT2D eigenvalue weighted by Gasteiger charge is 2.36. The Balaban J connectivity index is 4.30. The second kappa shape index (κ2) is 25.9. The Bertz CT molecular complexity index is 439. The number of rotatable bonds is 30. The fraction of sp³-hybridized carbons (Fsp3) is 1.00. The normalized spacial score (nSPS) is 12.6. The summed E-state index contributed by atoms with van der Waals surface area (Å²) in [5.41, 5.74) is 0.629. The lowest BCUT2D eigenvalue weighted by Crippen LogP contribution is -2.55. The topological polar surface area (TPSA) is 3.24 Å². The molecule has 0 saturated carbocycles. The van der Waals surface area contributed by atoms with Crippen molar-refractivity contribution in [2.45, 2.75) is 233 Å². The molecule has 0 fully saturated rings. The molecular formula is C37H77N. The number of nitrogens with zero attached hydrogens (tertiary/aromatic N) is 1. The molecule has 38 heavy (non-hydrogen) atoms. The van der Waals surface area contributed by atoms with Gasteiger partial charge in [0, 0.05) is 11.1 Å². The minimum Gasteiger partial charge on any atom is -0.293 e. The van der Waals surface area contributed by atoms with Crippen molar-refractivity contribution in [3.63, 3.8) is 0 Å². The number of unbranched alkanes of at least 4 members (excludes halogenated alkanes) is 22. The van der Waals surface area contributed by atoms with Crippen LogP contribution in [0.1, 0.15) is 222 Å². The van der Waals surface area contributed by atoms with Gasteiger partial charge in [0.25, 0.3) is 0 Å². The molecule has 1 nitrogen and oxygen atoms in total. The Labute approximate surface area is 244 Å². The molecule has 0 N–H and O–H groups in total. The quantitative estimate of drug-likeness (QED) is 0.0826. The molecule has 0 spiro atoms. The van der Waals surface area contributed by atoms with Gasteiger partial charge in [0.15, 0.2) is 0 Å². The zero-order chi connectivity index (χ0) is 28.4. The Morgan fingerprint density at radius 3 is 0.842 bits per heavy atom. The summed E-state index contributed by atoms with van der Waals surface area (Å²) in [5.74, 6) is 0. The van der Waals surface area contributed by atoms with Crippen LogP contribution in [0.3, 0.4) is 0 Å². The maximum Gasteiger partial charge on any atom is 0.0158 e. The summed E-state index contributed by atoms with van der Waals surface area (Å²) in [7, 11) is 0. The van der Waals surface area contributed by atoms with Crippen LogP contribution in [-0.2, 0) is 0 Å². The van der Waals surface area contributed by atoms with Gasteiger partial charge < -0.3 is 0 Å². The van der Waals surface area contributed by atoms with E-state index in [4.69, 9.17) is 0 Å². The van der Waals surface area contributed by atoms with E-state index in [0.717, 1.165) is 0 Å². The molecule has 0 heterocycles. The summed E-state index contributed by atoms with van der Waals surface area (Å²) < 4.78 is 0. The van der Waals surface area contributed by atoms with Gasteiger partial charge in [-0.3, -0.25) is 4.90 Å². The van der Waals surface area contributed by atoms with Gasteiger partial charge in [-0.1, -0.05) is 175 Å². The van der Waals surface area contributed by atoms with Crippen LogP contribution in [0.5, 0.6) is 0 Å². The third-order valence-electron chi connectivity index (χ3n) is 9.23. The maximum absolute atomic E-state index is 2.95. The third kappa shape index (κ3) is 21.7. The van der Waals surface area contributed by atoms with Gasteiger partial charge in [0.1, 0.15) is 0 Å². The standard InChI is InChI=1S/C37H77N/c1-8-11-14-17-18-19-20-21-22-23-24-25-26-29-32-35-38(36(4,5)33-30-27-15-12-9-2)37(6,7)34-31-28-16-13-10-3/h8-35H2,1-7H3. The van der Waals surface area contributed by atoms with E-state index in [1.165, 1.54) is 180 Å². The van der Waals surface area contributed by atoms with E-state index in [0.29, 0.717) is 11.1 Å². The van der Waals surface area contributed by atoms with Crippen molar-refractivity contribution >= 4 is 0 Å². The molecule has 0 radical (unpaired) electrons. The molecule has 0 amide bonds. The van der Waals surface area contributed by atoms with Gasteiger partial charge in [-0.15, -0.1) is 0 Å². The minimum atomic E-state index is 0.315. The lowest BCUT2D eigenvalue weighted by molar-refractivity contribution is 0.00152. The molecule has 0 aromatic heterocycles. The molecule has 230 valence electrons. The van der Waals surface area contributed by atoms with Crippen molar-refractivity contribution in [1.82, 2.24) is 4.90 Å². The summed E-state index contributed by atoms with van der Waals surface area (Å²) in [5, 5.41) is 0. The first-order chi connectivity index (χ1) is 18.3. The molecule has 0 atom stereocenters. The summed E-state index contributed by atoms with van der Waals surface area (Å²) in [6.45, 7) is 18.5. The van der Waals surface area contributed by atoms with Crippen LogP contribution in [0.15, 0.2) is 0 Å². The molecule has 0 aliphatic heterocycles. The van der Waals surface area contributed by atoms with E-state index in [-0.39, 0.29) is 0 Å². The van der Waals surface area contributed by atoms with E-state index in [1.807, 2.05) is 0 Å². The van der Waals surface area contributed by atoms with Crippen LogP contribution in [0.4, 0.5) is 0 Å². The number of hydrogen-bond acceptors (Lipinski definition) is 1. The Morgan fingerprint density at radius 2 is 0.553 bits per heavy atom.